The first-order valence-electron chi connectivity index (χ1n) is 22.1. The third kappa shape index (κ3) is 6.64. The number of rotatable bonds is 8. The minimum Gasteiger partial charge on any atom is -0.416 e. The monoisotopic (exact) mass is 860 g/mol. The van der Waals surface area contributed by atoms with Crippen LogP contribution in [-0.4, -0.2) is 39.3 Å². The summed E-state index contributed by atoms with van der Waals surface area (Å²) in [6, 6.07) is 70.7. The molecular formula is C58H36N8O. The van der Waals surface area contributed by atoms with Crippen molar-refractivity contribution in [3.63, 3.8) is 0 Å². The Hall–Kier alpha value is -9.34. The van der Waals surface area contributed by atoms with Crippen molar-refractivity contribution in [3.8, 4) is 79.6 Å². The van der Waals surface area contributed by atoms with Gasteiger partial charge in [0.2, 0.25) is 23.7 Å². The van der Waals surface area contributed by atoms with Gasteiger partial charge in [-0.1, -0.05) is 146 Å². The summed E-state index contributed by atoms with van der Waals surface area (Å²) in [4.78, 5) is 20.0. The van der Waals surface area contributed by atoms with Crippen molar-refractivity contribution in [2.24, 2.45) is 0 Å². The van der Waals surface area contributed by atoms with Gasteiger partial charge in [-0.2, -0.15) is 0 Å². The molecule has 0 aliphatic rings. The number of benzene rings is 8. The second-order valence-corrected chi connectivity index (χ2v) is 16.5. The second-order valence-electron chi connectivity index (χ2n) is 16.5. The van der Waals surface area contributed by atoms with E-state index in [-0.39, 0.29) is 0 Å². The van der Waals surface area contributed by atoms with E-state index in [0.717, 1.165) is 99.5 Å². The molecule has 0 N–H and O–H groups in total. The smallest absolute Gasteiger partial charge is 0.248 e. The minimum atomic E-state index is 0.399. The van der Waals surface area contributed by atoms with E-state index in [2.05, 4.69) is 177 Å². The molecule has 13 aromatic rings. The van der Waals surface area contributed by atoms with E-state index < -0.39 is 0 Å². The van der Waals surface area contributed by atoms with Crippen LogP contribution < -0.4 is 0 Å². The number of nitrogens with zero attached hydrogens (tertiary/aromatic N) is 8. The van der Waals surface area contributed by atoms with Crippen LogP contribution >= 0.6 is 0 Å². The maximum Gasteiger partial charge on any atom is 0.248 e. The normalized spacial score (nSPS) is 11.6. The summed E-state index contributed by atoms with van der Waals surface area (Å²) in [5.41, 5.74) is 13.6. The highest BCUT2D eigenvalue weighted by atomic mass is 16.4. The van der Waals surface area contributed by atoms with Crippen molar-refractivity contribution in [2.45, 2.75) is 0 Å². The van der Waals surface area contributed by atoms with Gasteiger partial charge in [0.15, 0.2) is 0 Å². The van der Waals surface area contributed by atoms with E-state index in [4.69, 9.17) is 24.4 Å². The van der Waals surface area contributed by atoms with Gasteiger partial charge in [0.1, 0.15) is 0 Å². The molecule has 67 heavy (non-hydrogen) atoms. The molecule has 0 spiro atoms. The molecule has 13 rings (SSSR count). The summed E-state index contributed by atoms with van der Waals surface area (Å²) in [6.45, 7) is 0. The molecule has 0 fully saturated rings. The van der Waals surface area contributed by atoms with Gasteiger partial charge in [-0.05, 0) is 82.9 Å². The summed E-state index contributed by atoms with van der Waals surface area (Å²) >= 11 is 0. The minimum absolute atomic E-state index is 0.399. The van der Waals surface area contributed by atoms with Crippen LogP contribution in [0.15, 0.2) is 223 Å². The Morgan fingerprint density at radius 3 is 1.18 bits per heavy atom. The molecule has 5 heterocycles. The fourth-order valence-corrected chi connectivity index (χ4v) is 9.31. The standard InChI is InChI=1S/C58H36N8O/c1-3-13-37(14-4-1)39-17-11-19-41(33-39)49-29-31-59-57(61-49)65-51-23-9-7-21-45(51)47-27-25-43(35-53(47)65)55-63-64-56(67-55)44-26-28-48-46-22-8-10-24-52(46)66(54(48)36-44)58-60-32-30-50(62-58)42-20-12-18-40(34-42)38-15-5-2-6-16-38/h1-36H. The fourth-order valence-electron chi connectivity index (χ4n) is 9.31. The first-order chi connectivity index (χ1) is 33.2. The SMILES string of the molecule is c1ccc(-c2cccc(-c3ccnc(-n4c5ccccc5c5ccc(-c6nnc(-c7ccc8c9ccccc9n(-c9nccc(-c%10cccc(-c%11ccccc%11)c%10)n9)c8c7)o6)cc54)n3)c2)cc1. The molecule has 8 aromatic carbocycles. The third-order valence-electron chi connectivity index (χ3n) is 12.5. The molecule has 0 aliphatic heterocycles. The largest absolute Gasteiger partial charge is 0.416 e. The number of aromatic nitrogens is 8. The van der Waals surface area contributed by atoms with Gasteiger partial charge < -0.3 is 4.42 Å². The van der Waals surface area contributed by atoms with Crippen LogP contribution in [-0.2, 0) is 0 Å². The van der Waals surface area contributed by atoms with E-state index in [9.17, 15) is 0 Å². The lowest BCUT2D eigenvalue weighted by molar-refractivity contribution is 0.584. The maximum absolute atomic E-state index is 6.54. The van der Waals surface area contributed by atoms with Crippen molar-refractivity contribution >= 4 is 43.6 Å². The van der Waals surface area contributed by atoms with E-state index in [1.807, 2.05) is 60.9 Å². The van der Waals surface area contributed by atoms with Crippen molar-refractivity contribution in [1.29, 1.82) is 0 Å². The predicted octanol–water partition coefficient (Wildman–Crippen LogP) is 13.8. The second kappa shape index (κ2) is 15.7. The Balaban J connectivity index is 0.879. The summed E-state index contributed by atoms with van der Waals surface area (Å²) in [6.07, 6.45) is 3.65. The highest BCUT2D eigenvalue weighted by molar-refractivity contribution is 6.11. The third-order valence-corrected chi connectivity index (χ3v) is 12.5. The van der Waals surface area contributed by atoms with Crippen LogP contribution in [0.25, 0.3) is 123 Å². The number of hydrogen-bond acceptors (Lipinski definition) is 7. The summed E-state index contributed by atoms with van der Waals surface area (Å²) < 4.78 is 10.8. The molecule has 0 unspecified atom stereocenters. The molecule has 314 valence electrons. The van der Waals surface area contributed by atoms with Gasteiger partial charge in [0.25, 0.3) is 0 Å². The maximum atomic E-state index is 6.54. The van der Waals surface area contributed by atoms with Crippen LogP contribution in [0.5, 0.6) is 0 Å². The van der Waals surface area contributed by atoms with Gasteiger partial charge in [-0.15, -0.1) is 10.2 Å². The molecule has 0 atom stereocenters. The first-order valence-corrected chi connectivity index (χ1v) is 22.1. The molecular weight excluding hydrogens is 825 g/mol. The van der Waals surface area contributed by atoms with Gasteiger partial charge in [-0.3, -0.25) is 9.13 Å². The Morgan fingerprint density at radius 1 is 0.299 bits per heavy atom. The van der Waals surface area contributed by atoms with E-state index in [1.54, 1.807) is 0 Å². The van der Waals surface area contributed by atoms with E-state index in [0.29, 0.717) is 23.7 Å². The zero-order chi connectivity index (χ0) is 44.3. The lowest BCUT2D eigenvalue weighted by atomic mass is 10.0. The van der Waals surface area contributed by atoms with Crippen molar-refractivity contribution in [3.05, 3.63) is 219 Å². The average molecular weight is 861 g/mol. The van der Waals surface area contributed by atoms with Crippen molar-refractivity contribution in [1.82, 2.24) is 39.3 Å². The number of hydrogen-bond donors (Lipinski definition) is 0. The lowest BCUT2D eigenvalue weighted by Crippen LogP contribution is -2.01. The highest BCUT2D eigenvalue weighted by Crippen LogP contribution is 2.38. The quantitative estimate of drug-likeness (QED) is 0.150. The Labute approximate surface area is 384 Å². The topological polar surface area (TPSA) is 100 Å². The molecule has 0 saturated carbocycles. The van der Waals surface area contributed by atoms with Gasteiger partial charge in [0.05, 0.1) is 33.5 Å². The van der Waals surface area contributed by atoms with Gasteiger partial charge in [-0.25, -0.2) is 19.9 Å². The molecule has 0 amide bonds. The van der Waals surface area contributed by atoms with E-state index in [1.165, 1.54) is 0 Å². The Kier molecular flexibility index (Phi) is 8.95. The number of para-hydroxylation sites is 2. The van der Waals surface area contributed by atoms with Crippen LogP contribution in [0.1, 0.15) is 0 Å². The molecule has 0 saturated heterocycles. The first kappa shape index (κ1) is 38.1. The van der Waals surface area contributed by atoms with Crippen LogP contribution in [0.2, 0.25) is 0 Å². The van der Waals surface area contributed by atoms with Crippen molar-refractivity contribution in [2.75, 3.05) is 0 Å². The van der Waals surface area contributed by atoms with Crippen LogP contribution in [0, 0.1) is 0 Å². The average Bonchev–Trinajstić information content (AvgIpc) is 4.12. The zero-order valence-corrected chi connectivity index (χ0v) is 35.8. The molecule has 9 nitrogen and oxygen atoms in total. The predicted molar refractivity (Wildman–Crippen MR) is 267 cm³/mol. The molecule has 9 heteroatoms. The summed E-state index contributed by atoms with van der Waals surface area (Å²) in [5.74, 6) is 1.93. The highest BCUT2D eigenvalue weighted by Gasteiger charge is 2.20. The van der Waals surface area contributed by atoms with Gasteiger partial charge in [0, 0.05) is 56.2 Å². The fraction of sp³-hybridized carbons (Fsp3) is 0. The molecule has 0 bridgehead atoms. The summed E-state index contributed by atoms with van der Waals surface area (Å²) in [5, 5.41) is 13.5. The molecule has 0 radical (unpaired) electrons. The zero-order valence-electron chi connectivity index (χ0n) is 35.8. The van der Waals surface area contributed by atoms with Crippen molar-refractivity contribution < 1.29 is 4.42 Å². The Morgan fingerprint density at radius 2 is 0.701 bits per heavy atom. The van der Waals surface area contributed by atoms with E-state index >= 15 is 0 Å². The van der Waals surface area contributed by atoms with Crippen LogP contribution in [0.3, 0.4) is 0 Å². The molecule has 0 aliphatic carbocycles. The summed E-state index contributed by atoms with van der Waals surface area (Å²) in [7, 11) is 0. The Bertz CT molecular complexity index is 3740. The molecule has 5 aromatic heterocycles. The lowest BCUT2D eigenvalue weighted by Gasteiger charge is -2.09. The van der Waals surface area contributed by atoms with Gasteiger partial charge >= 0.3 is 0 Å². The number of fused-ring (bicyclic) bond motifs is 6. The van der Waals surface area contributed by atoms with Crippen LogP contribution in [0.4, 0.5) is 0 Å².